The van der Waals surface area contributed by atoms with E-state index in [-0.39, 0.29) is 11.6 Å². The maximum absolute atomic E-state index is 11.5. The number of rotatable bonds is 4. The summed E-state index contributed by atoms with van der Waals surface area (Å²) in [5.41, 5.74) is 6.01. The van der Waals surface area contributed by atoms with Crippen molar-refractivity contribution < 1.29 is 4.79 Å². The van der Waals surface area contributed by atoms with Gasteiger partial charge in [0.25, 0.3) is 0 Å². The minimum atomic E-state index is -0.0309. The highest BCUT2D eigenvalue weighted by Crippen LogP contribution is 2.25. The maximum atomic E-state index is 11.5. The van der Waals surface area contributed by atoms with Crippen LogP contribution in [0.3, 0.4) is 0 Å². The van der Waals surface area contributed by atoms with E-state index in [4.69, 9.17) is 5.73 Å². The van der Waals surface area contributed by atoms with Gasteiger partial charge in [0.15, 0.2) is 0 Å². The lowest BCUT2D eigenvalue weighted by Gasteiger charge is -2.34. The molecule has 4 heteroatoms. The molecule has 0 aromatic heterocycles. The van der Waals surface area contributed by atoms with Crippen molar-refractivity contribution in [3.8, 4) is 0 Å². The third kappa shape index (κ3) is 4.84. The highest BCUT2D eigenvalue weighted by Gasteiger charge is 2.27. The van der Waals surface area contributed by atoms with E-state index in [2.05, 4.69) is 24.5 Å². The van der Waals surface area contributed by atoms with Crippen molar-refractivity contribution >= 4 is 6.03 Å². The Morgan fingerprint density at radius 1 is 1.44 bits per heavy atom. The van der Waals surface area contributed by atoms with Crippen LogP contribution in [0.15, 0.2) is 0 Å². The molecule has 0 aliphatic heterocycles. The van der Waals surface area contributed by atoms with E-state index in [0.717, 1.165) is 45.1 Å². The summed E-state index contributed by atoms with van der Waals surface area (Å²) < 4.78 is 0. The molecule has 0 heterocycles. The monoisotopic (exact) mass is 227 g/mol. The largest absolute Gasteiger partial charge is 0.338 e. The van der Waals surface area contributed by atoms with Crippen LogP contribution in [0, 0.1) is 0 Å². The van der Waals surface area contributed by atoms with Gasteiger partial charge >= 0.3 is 6.03 Å². The number of hydrogen-bond donors (Lipinski definition) is 3. The zero-order valence-electron chi connectivity index (χ0n) is 10.5. The molecule has 1 aliphatic rings. The lowest BCUT2D eigenvalue weighted by Crippen LogP contribution is -2.48. The molecular weight excluding hydrogens is 202 g/mol. The molecule has 1 saturated carbocycles. The molecule has 0 unspecified atom stereocenters. The van der Waals surface area contributed by atoms with Crippen LogP contribution in [-0.4, -0.2) is 24.2 Å². The van der Waals surface area contributed by atoms with Crippen molar-refractivity contribution in [1.82, 2.24) is 10.6 Å². The highest BCUT2D eigenvalue weighted by atomic mass is 16.2. The predicted octanol–water partition coefficient (Wildman–Crippen LogP) is 1.75. The van der Waals surface area contributed by atoms with Crippen molar-refractivity contribution in [1.29, 1.82) is 0 Å². The number of urea groups is 1. The van der Waals surface area contributed by atoms with E-state index in [9.17, 15) is 4.79 Å². The average Bonchev–Trinajstić information content (AvgIpc) is 2.22. The summed E-state index contributed by atoms with van der Waals surface area (Å²) in [6, 6.07) is 0.275. The number of amides is 2. The van der Waals surface area contributed by atoms with Gasteiger partial charge in [-0.3, -0.25) is 0 Å². The zero-order valence-corrected chi connectivity index (χ0v) is 10.5. The van der Waals surface area contributed by atoms with Crippen LogP contribution in [0.4, 0.5) is 4.79 Å². The molecule has 0 atom stereocenters. The third-order valence-corrected chi connectivity index (χ3v) is 3.28. The lowest BCUT2D eigenvalue weighted by molar-refractivity contribution is 0.223. The van der Waals surface area contributed by atoms with Gasteiger partial charge in [-0.1, -0.05) is 13.3 Å². The van der Waals surface area contributed by atoms with Crippen LogP contribution in [0.1, 0.15) is 52.4 Å². The molecule has 1 rings (SSSR count). The van der Waals surface area contributed by atoms with Gasteiger partial charge in [0, 0.05) is 18.1 Å². The molecular formula is C12H25N3O. The number of nitrogens with two attached hydrogens (primary N) is 1. The molecule has 0 radical (unpaired) electrons. The fourth-order valence-electron chi connectivity index (χ4n) is 2.04. The molecule has 4 nitrogen and oxygen atoms in total. The summed E-state index contributed by atoms with van der Waals surface area (Å²) in [5, 5.41) is 5.88. The summed E-state index contributed by atoms with van der Waals surface area (Å²) in [7, 11) is 0. The molecule has 4 N–H and O–H groups in total. The van der Waals surface area contributed by atoms with Crippen LogP contribution < -0.4 is 16.4 Å². The summed E-state index contributed by atoms with van der Waals surface area (Å²) >= 11 is 0. The molecule has 2 amide bonds. The number of carbonyl (C=O) groups excluding carboxylic acids is 1. The van der Waals surface area contributed by atoms with Crippen molar-refractivity contribution in [2.24, 2.45) is 5.73 Å². The van der Waals surface area contributed by atoms with Crippen LogP contribution in [-0.2, 0) is 0 Å². The zero-order chi connectivity index (χ0) is 12.0. The summed E-state index contributed by atoms with van der Waals surface area (Å²) in [6.07, 6.45) is 6.12. The summed E-state index contributed by atoms with van der Waals surface area (Å²) in [6.45, 7) is 4.97. The standard InChI is InChI=1S/C12H25N3O/c1-3-4-9-14-11(16)15-10-5-7-12(2,13)8-6-10/h10H,3-9,13H2,1-2H3,(H2,14,15,16). The fraction of sp³-hybridized carbons (Fsp3) is 0.917. The van der Waals surface area contributed by atoms with Crippen LogP contribution in [0.25, 0.3) is 0 Å². The molecule has 1 fully saturated rings. The molecule has 1 aliphatic carbocycles. The van der Waals surface area contributed by atoms with Gasteiger partial charge in [0.1, 0.15) is 0 Å². The van der Waals surface area contributed by atoms with E-state index < -0.39 is 0 Å². The van der Waals surface area contributed by atoms with E-state index >= 15 is 0 Å². The van der Waals surface area contributed by atoms with Gasteiger partial charge in [-0.15, -0.1) is 0 Å². The molecule has 94 valence electrons. The van der Waals surface area contributed by atoms with Crippen molar-refractivity contribution in [2.45, 2.75) is 64.0 Å². The second kappa shape index (κ2) is 6.09. The Hall–Kier alpha value is -0.770. The summed E-state index contributed by atoms with van der Waals surface area (Å²) in [5.74, 6) is 0. The predicted molar refractivity (Wildman–Crippen MR) is 66.3 cm³/mol. The van der Waals surface area contributed by atoms with Gasteiger partial charge in [0.05, 0.1) is 0 Å². The highest BCUT2D eigenvalue weighted by molar-refractivity contribution is 5.74. The van der Waals surface area contributed by atoms with Crippen molar-refractivity contribution in [3.05, 3.63) is 0 Å². The van der Waals surface area contributed by atoms with E-state index in [1.165, 1.54) is 0 Å². The third-order valence-electron chi connectivity index (χ3n) is 3.28. The average molecular weight is 227 g/mol. The van der Waals surface area contributed by atoms with Crippen molar-refractivity contribution in [3.63, 3.8) is 0 Å². The first-order chi connectivity index (χ1) is 7.53. The number of hydrogen-bond acceptors (Lipinski definition) is 2. The smallest absolute Gasteiger partial charge is 0.315 e. The first-order valence-corrected chi connectivity index (χ1v) is 6.37. The summed E-state index contributed by atoms with van der Waals surface area (Å²) in [4.78, 5) is 11.5. The Morgan fingerprint density at radius 3 is 2.62 bits per heavy atom. The molecule has 0 saturated heterocycles. The van der Waals surface area contributed by atoms with Gasteiger partial charge in [0.2, 0.25) is 0 Å². The Bertz CT molecular complexity index is 218. The van der Waals surface area contributed by atoms with Crippen LogP contribution in [0.5, 0.6) is 0 Å². The molecule has 16 heavy (non-hydrogen) atoms. The second-order valence-electron chi connectivity index (χ2n) is 5.18. The minimum Gasteiger partial charge on any atom is -0.338 e. The van der Waals surface area contributed by atoms with E-state index in [1.807, 2.05) is 0 Å². The molecule has 0 bridgehead atoms. The molecule has 0 aromatic carbocycles. The van der Waals surface area contributed by atoms with Gasteiger partial charge in [-0.25, -0.2) is 4.79 Å². The first-order valence-electron chi connectivity index (χ1n) is 6.37. The Labute approximate surface area is 98.3 Å². The Balaban J connectivity index is 2.16. The van der Waals surface area contributed by atoms with Gasteiger partial charge in [-0.05, 0) is 39.0 Å². The maximum Gasteiger partial charge on any atom is 0.315 e. The minimum absolute atomic E-state index is 0.0286. The number of nitrogens with one attached hydrogen (secondary N) is 2. The van der Waals surface area contributed by atoms with Crippen molar-refractivity contribution in [2.75, 3.05) is 6.54 Å². The quantitative estimate of drug-likeness (QED) is 0.640. The molecule has 0 aromatic rings. The topological polar surface area (TPSA) is 67.2 Å². The van der Waals surface area contributed by atoms with Crippen LogP contribution in [0.2, 0.25) is 0 Å². The number of unbranched alkanes of at least 4 members (excludes halogenated alkanes) is 1. The first kappa shape index (κ1) is 13.3. The van der Waals surface area contributed by atoms with Gasteiger partial charge in [-0.2, -0.15) is 0 Å². The second-order valence-corrected chi connectivity index (χ2v) is 5.18. The Kier molecular flexibility index (Phi) is 5.06. The van der Waals surface area contributed by atoms with Crippen LogP contribution >= 0.6 is 0 Å². The normalized spacial score (nSPS) is 29.8. The lowest BCUT2D eigenvalue weighted by atomic mass is 9.82. The fourth-order valence-corrected chi connectivity index (χ4v) is 2.04. The van der Waals surface area contributed by atoms with Gasteiger partial charge < -0.3 is 16.4 Å². The van der Waals surface area contributed by atoms with E-state index in [1.54, 1.807) is 0 Å². The Morgan fingerprint density at radius 2 is 2.06 bits per heavy atom. The number of carbonyl (C=O) groups is 1. The molecule has 0 spiro atoms. The SMILES string of the molecule is CCCCNC(=O)NC1CCC(C)(N)CC1. The van der Waals surface area contributed by atoms with E-state index in [0.29, 0.717) is 6.04 Å².